The summed E-state index contributed by atoms with van der Waals surface area (Å²) in [6.45, 7) is 0. The van der Waals surface area contributed by atoms with E-state index in [9.17, 15) is 5.11 Å². The van der Waals surface area contributed by atoms with Gasteiger partial charge in [0.1, 0.15) is 5.82 Å². The first kappa shape index (κ1) is 18.2. The first-order valence-corrected chi connectivity index (χ1v) is 10.4. The molecule has 2 aliphatic rings. The van der Waals surface area contributed by atoms with Crippen molar-refractivity contribution >= 4 is 5.82 Å². The molecular formula is C23H25N5O. The van der Waals surface area contributed by atoms with Gasteiger partial charge in [0.25, 0.3) is 0 Å². The van der Waals surface area contributed by atoms with E-state index in [1.54, 1.807) is 18.6 Å². The van der Waals surface area contributed by atoms with E-state index in [4.69, 9.17) is 9.97 Å². The van der Waals surface area contributed by atoms with Gasteiger partial charge in [0, 0.05) is 53.2 Å². The molecule has 0 aliphatic heterocycles. The number of aryl methyl sites for hydroxylation is 1. The molecule has 2 aliphatic carbocycles. The van der Waals surface area contributed by atoms with Gasteiger partial charge < -0.3 is 10.4 Å². The lowest BCUT2D eigenvalue weighted by atomic mass is 9.78. The van der Waals surface area contributed by atoms with Crippen LogP contribution in [0.25, 0.3) is 11.4 Å². The average Bonchev–Trinajstić information content (AvgIpc) is 3.26. The summed E-state index contributed by atoms with van der Waals surface area (Å²) in [5.74, 6) is 1.70. The fourth-order valence-electron chi connectivity index (χ4n) is 4.54. The Morgan fingerprint density at radius 3 is 2.48 bits per heavy atom. The molecule has 0 bridgehead atoms. The van der Waals surface area contributed by atoms with Gasteiger partial charge in [-0.2, -0.15) is 0 Å². The Morgan fingerprint density at radius 2 is 1.76 bits per heavy atom. The van der Waals surface area contributed by atoms with E-state index in [1.165, 1.54) is 5.56 Å². The molecule has 148 valence electrons. The number of aliphatic hydroxyl groups is 1. The van der Waals surface area contributed by atoms with Gasteiger partial charge in [0.15, 0.2) is 5.82 Å². The predicted molar refractivity (Wildman–Crippen MR) is 111 cm³/mol. The van der Waals surface area contributed by atoms with Crippen molar-refractivity contribution in [3.63, 3.8) is 0 Å². The zero-order chi connectivity index (χ0) is 19.7. The van der Waals surface area contributed by atoms with Gasteiger partial charge in [0.2, 0.25) is 0 Å². The van der Waals surface area contributed by atoms with Crippen LogP contribution in [0.3, 0.4) is 0 Å². The fourth-order valence-corrected chi connectivity index (χ4v) is 4.54. The van der Waals surface area contributed by atoms with Crippen LogP contribution in [0.15, 0.2) is 49.1 Å². The maximum atomic E-state index is 11.1. The maximum Gasteiger partial charge on any atom is 0.163 e. The van der Waals surface area contributed by atoms with Crippen LogP contribution >= 0.6 is 0 Å². The van der Waals surface area contributed by atoms with E-state index in [1.807, 2.05) is 30.5 Å². The number of nitrogens with one attached hydrogen (secondary N) is 1. The van der Waals surface area contributed by atoms with Crippen molar-refractivity contribution in [1.82, 2.24) is 19.9 Å². The summed E-state index contributed by atoms with van der Waals surface area (Å²) in [6.07, 6.45) is 13.5. The molecule has 29 heavy (non-hydrogen) atoms. The van der Waals surface area contributed by atoms with Gasteiger partial charge in [-0.05, 0) is 63.1 Å². The number of nitrogens with zero attached hydrogens (tertiary/aromatic N) is 4. The van der Waals surface area contributed by atoms with E-state index in [0.717, 1.165) is 73.4 Å². The van der Waals surface area contributed by atoms with Crippen molar-refractivity contribution in [3.05, 3.63) is 65.9 Å². The second-order valence-electron chi connectivity index (χ2n) is 8.11. The number of hydrogen-bond donors (Lipinski definition) is 2. The molecule has 0 atom stereocenters. The highest BCUT2D eigenvalue weighted by molar-refractivity contribution is 5.60. The van der Waals surface area contributed by atoms with Crippen LogP contribution in [0.4, 0.5) is 5.82 Å². The summed E-state index contributed by atoms with van der Waals surface area (Å²) in [5, 5.41) is 14.8. The van der Waals surface area contributed by atoms with Crippen LogP contribution in [0.5, 0.6) is 0 Å². The molecule has 2 N–H and O–H groups in total. The Hall–Kier alpha value is -2.86. The SMILES string of the molecule is OC1(c2cccnc2)CCC(Nc2nc(-c3cccnc3)nc3c2CCC3)CC1. The van der Waals surface area contributed by atoms with Gasteiger partial charge in [-0.25, -0.2) is 9.97 Å². The maximum absolute atomic E-state index is 11.1. The molecular weight excluding hydrogens is 362 g/mol. The van der Waals surface area contributed by atoms with E-state index in [0.29, 0.717) is 6.04 Å². The standard InChI is InChI=1S/C23H25N5O/c29-23(17-5-3-13-25-15-17)10-8-18(9-11-23)26-22-19-6-1-7-20(19)27-21(28-22)16-4-2-12-24-14-16/h2-5,12-15,18,29H,1,6-11H2,(H,26,27,28). The number of rotatable bonds is 4. The van der Waals surface area contributed by atoms with Crippen LogP contribution in [0.2, 0.25) is 0 Å². The van der Waals surface area contributed by atoms with Crippen LogP contribution < -0.4 is 5.32 Å². The number of hydrogen-bond acceptors (Lipinski definition) is 6. The van der Waals surface area contributed by atoms with Gasteiger partial charge >= 0.3 is 0 Å². The lowest BCUT2D eigenvalue weighted by molar-refractivity contribution is -0.00363. The Balaban J connectivity index is 1.36. The Labute approximate surface area is 170 Å². The molecule has 6 heteroatoms. The quantitative estimate of drug-likeness (QED) is 0.711. The fraction of sp³-hybridized carbons (Fsp3) is 0.391. The summed E-state index contributed by atoms with van der Waals surface area (Å²) in [4.78, 5) is 18.1. The third-order valence-corrected chi connectivity index (χ3v) is 6.21. The van der Waals surface area contributed by atoms with E-state index >= 15 is 0 Å². The van der Waals surface area contributed by atoms with Gasteiger partial charge in [-0.1, -0.05) is 6.07 Å². The number of fused-ring (bicyclic) bond motifs is 1. The normalized spacial score (nSPS) is 23.6. The molecule has 0 spiro atoms. The Morgan fingerprint density at radius 1 is 0.966 bits per heavy atom. The smallest absolute Gasteiger partial charge is 0.163 e. The minimum absolute atomic E-state index is 0.299. The lowest BCUT2D eigenvalue weighted by Gasteiger charge is -2.36. The largest absolute Gasteiger partial charge is 0.385 e. The molecule has 5 rings (SSSR count). The number of pyridine rings is 2. The van der Waals surface area contributed by atoms with Crippen molar-refractivity contribution in [2.75, 3.05) is 5.32 Å². The zero-order valence-corrected chi connectivity index (χ0v) is 16.4. The molecule has 0 aromatic carbocycles. The second-order valence-corrected chi connectivity index (χ2v) is 8.11. The molecule has 1 saturated carbocycles. The van der Waals surface area contributed by atoms with Crippen LogP contribution in [-0.2, 0) is 18.4 Å². The predicted octanol–water partition coefficient (Wildman–Crippen LogP) is 3.66. The minimum Gasteiger partial charge on any atom is -0.385 e. The first-order chi connectivity index (χ1) is 14.2. The van der Waals surface area contributed by atoms with Crippen molar-refractivity contribution in [1.29, 1.82) is 0 Å². The summed E-state index contributed by atoms with van der Waals surface area (Å²) in [5.41, 5.74) is 3.50. The van der Waals surface area contributed by atoms with E-state index < -0.39 is 5.60 Å². The molecule has 0 amide bonds. The van der Waals surface area contributed by atoms with E-state index in [-0.39, 0.29) is 0 Å². The highest BCUT2D eigenvalue weighted by atomic mass is 16.3. The number of anilines is 1. The first-order valence-electron chi connectivity index (χ1n) is 10.4. The molecule has 0 radical (unpaired) electrons. The summed E-state index contributed by atoms with van der Waals surface area (Å²) in [7, 11) is 0. The molecule has 0 unspecified atom stereocenters. The second kappa shape index (κ2) is 7.52. The molecule has 6 nitrogen and oxygen atoms in total. The average molecular weight is 387 g/mol. The van der Waals surface area contributed by atoms with Crippen LogP contribution in [-0.4, -0.2) is 31.1 Å². The molecule has 1 fully saturated rings. The van der Waals surface area contributed by atoms with Gasteiger partial charge in [-0.15, -0.1) is 0 Å². The van der Waals surface area contributed by atoms with Crippen LogP contribution in [0, 0.1) is 0 Å². The van der Waals surface area contributed by atoms with Crippen molar-refractivity contribution < 1.29 is 5.11 Å². The highest BCUT2D eigenvalue weighted by Gasteiger charge is 2.35. The monoisotopic (exact) mass is 387 g/mol. The third-order valence-electron chi connectivity index (χ3n) is 6.21. The summed E-state index contributed by atoms with van der Waals surface area (Å²) < 4.78 is 0. The van der Waals surface area contributed by atoms with Crippen molar-refractivity contribution in [2.45, 2.75) is 56.6 Å². The summed E-state index contributed by atoms with van der Waals surface area (Å²) in [6, 6.07) is 8.08. The Kier molecular flexibility index (Phi) is 4.72. The lowest BCUT2D eigenvalue weighted by Crippen LogP contribution is -2.36. The summed E-state index contributed by atoms with van der Waals surface area (Å²) >= 11 is 0. The Bertz CT molecular complexity index is 985. The van der Waals surface area contributed by atoms with Crippen LogP contribution in [0.1, 0.15) is 48.9 Å². The van der Waals surface area contributed by atoms with Gasteiger partial charge in [0.05, 0.1) is 5.60 Å². The van der Waals surface area contributed by atoms with E-state index in [2.05, 4.69) is 15.3 Å². The number of aromatic nitrogens is 4. The van der Waals surface area contributed by atoms with Crippen molar-refractivity contribution in [2.24, 2.45) is 0 Å². The molecule has 3 heterocycles. The molecule has 3 aromatic rings. The zero-order valence-electron chi connectivity index (χ0n) is 16.4. The van der Waals surface area contributed by atoms with Gasteiger partial charge in [-0.3, -0.25) is 9.97 Å². The minimum atomic E-state index is -0.777. The highest BCUT2D eigenvalue weighted by Crippen LogP contribution is 2.38. The third kappa shape index (κ3) is 3.60. The topological polar surface area (TPSA) is 83.8 Å². The molecule has 3 aromatic heterocycles. The van der Waals surface area contributed by atoms with Crippen molar-refractivity contribution in [3.8, 4) is 11.4 Å². The molecule has 0 saturated heterocycles.